The lowest BCUT2D eigenvalue weighted by molar-refractivity contribution is -0.116. The van der Waals surface area contributed by atoms with Gasteiger partial charge < -0.3 is 15.0 Å². The quantitative estimate of drug-likeness (QED) is 0.877. The lowest BCUT2D eigenvalue weighted by Crippen LogP contribution is -2.34. The SMILES string of the molecule is COc1cccc(C(=O)N(C)CC(=O)Nc2ccc(Cl)c(Cl)c2)c1. The van der Waals surface area contributed by atoms with E-state index in [9.17, 15) is 9.59 Å². The van der Waals surface area contributed by atoms with Crippen molar-refractivity contribution in [1.29, 1.82) is 0 Å². The van der Waals surface area contributed by atoms with Gasteiger partial charge >= 0.3 is 0 Å². The van der Waals surface area contributed by atoms with Crippen LogP contribution in [0, 0.1) is 0 Å². The number of halogens is 2. The Hall–Kier alpha value is -2.24. The van der Waals surface area contributed by atoms with Crippen LogP contribution in [-0.2, 0) is 4.79 Å². The summed E-state index contributed by atoms with van der Waals surface area (Å²) in [6.07, 6.45) is 0. The molecule has 0 unspecified atom stereocenters. The van der Waals surface area contributed by atoms with Crippen molar-refractivity contribution in [2.45, 2.75) is 0 Å². The van der Waals surface area contributed by atoms with Crippen LogP contribution in [0.1, 0.15) is 10.4 Å². The molecule has 0 aromatic heterocycles. The van der Waals surface area contributed by atoms with Crippen LogP contribution in [0.25, 0.3) is 0 Å². The molecule has 126 valence electrons. The van der Waals surface area contributed by atoms with Gasteiger partial charge in [0.15, 0.2) is 0 Å². The summed E-state index contributed by atoms with van der Waals surface area (Å²) in [5, 5.41) is 3.41. The first-order valence-corrected chi connectivity index (χ1v) is 7.80. The topological polar surface area (TPSA) is 58.6 Å². The zero-order valence-corrected chi connectivity index (χ0v) is 14.7. The van der Waals surface area contributed by atoms with Crippen molar-refractivity contribution in [2.75, 3.05) is 26.0 Å². The highest BCUT2D eigenvalue weighted by Crippen LogP contribution is 2.25. The molecule has 2 amide bonds. The number of carbonyl (C=O) groups excluding carboxylic acids is 2. The maximum atomic E-state index is 12.4. The first-order valence-electron chi connectivity index (χ1n) is 7.05. The number of hydrogen-bond donors (Lipinski definition) is 1. The van der Waals surface area contributed by atoms with Crippen LogP contribution in [-0.4, -0.2) is 37.4 Å². The normalized spacial score (nSPS) is 10.2. The van der Waals surface area contributed by atoms with Crippen LogP contribution in [0.15, 0.2) is 42.5 Å². The van der Waals surface area contributed by atoms with E-state index in [4.69, 9.17) is 27.9 Å². The summed E-state index contributed by atoms with van der Waals surface area (Å²) in [6.45, 7) is -0.101. The van der Waals surface area contributed by atoms with Gasteiger partial charge in [-0.25, -0.2) is 0 Å². The van der Waals surface area contributed by atoms with Gasteiger partial charge in [0.2, 0.25) is 5.91 Å². The molecule has 0 spiro atoms. The first-order chi connectivity index (χ1) is 11.4. The first kappa shape index (κ1) is 18.1. The molecule has 0 atom stereocenters. The van der Waals surface area contributed by atoms with E-state index < -0.39 is 0 Å². The predicted molar refractivity (Wildman–Crippen MR) is 95.0 cm³/mol. The molecule has 0 heterocycles. The lowest BCUT2D eigenvalue weighted by Gasteiger charge is -2.17. The number of carbonyl (C=O) groups is 2. The molecular weight excluding hydrogens is 351 g/mol. The largest absolute Gasteiger partial charge is 0.497 e. The summed E-state index contributed by atoms with van der Waals surface area (Å²) >= 11 is 11.7. The molecule has 2 rings (SSSR count). The fraction of sp³-hybridized carbons (Fsp3) is 0.176. The van der Waals surface area contributed by atoms with Gasteiger partial charge in [-0.3, -0.25) is 9.59 Å². The van der Waals surface area contributed by atoms with Crippen molar-refractivity contribution >= 4 is 40.7 Å². The average Bonchev–Trinajstić information content (AvgIpc) is 2.57. The van der Waals surface area contributed by atoms with E-state index >= 15 is 0 Å². The summed E-state index contributed by atoms with van der Waals surface area (Å²) in [6, 6.07) is 11.5. The molecule has 0 saturated carbocycles. The molecule has 0 fully saturated rings. The number of benzene rings is 2. The summed E-state index contributed by atoms with van der Waals surface area (Å²) in [5.74, 6) is -0.0418. The number of amides is 2. The predicted octanol–water partition coefficient (Wildman–Crippen LogP) is 3.71. The highest BCUT2D eigenvalue weighted by Gasteiger charge is 2.16. The zero-order chi connectivity index (χ0) is 17.7. The van der Waals surface area contributed by atoms with E-state index in [2.05, 4.69) is 5.32 Å². The minimum Gasteiger partial charge on any atom is -0.497 e. The van der Waals surface area contributed by atoms with Crippen LogP contribution >= 0.6 is 23.2 Å². The van der Waals surface area contributed by atoms with Crippen LogP contribution in [0.3, 0.4) is 0 Å². The summed E-state index contributed by atoms with van der Waals surface area (Å²) in [4.78, 5) is 25.7. The van der Waals surface area contributed by atoms with Gasteiger partial charge in [-0.1, -0.05) is 29.3 Å². The molecule has 7 heteroatoms. The third-order valence-corrected chi connectivity index (χ3v) is 3.99. The minimum atomic E-state index is -0.341. The highest BCUT2D eigenvalue weighted by molar-refractivity contribution is 6.42. The van der Waals surface area contributed by atoms with E-state index in [1.54, 1.807) is 49.5 Å². The minimum absolute atomic E-state index is 0.101. The second-order valence-electron chi connectivity index (χ2n) is 5.07. The zero-order valence-electron chi connectivity index (χ0n) is 13.2. The van der Waals surface area contributed by atoms with Crippen LogP contribution < -0.4 is 10.1 Å². The lowest BCUT2D eigenvalue weighted by atomic mass is 10.2. The molecule has 2 aromatic carbocycles. The van der Waals surface area contributed by atoms with Gasteiger partial charge in [0.25, 0.3) is 5.91 Å². The van der Waals surface area contributed by atoms with Crippen molar-refractivity contribution in [1.82, 2.24) is 4.90 Å². The second-order valence-corrected chi connectivity index (χ2v) is 5.88. The monoisotopic (exact) mass is 366 g/mol. The average molecular weight is 367 g/mol. The number of hydrogen-bond acceptors (Lipinski definition) is 3. The Labute approximate surface area is 150 Å². The number of methoxy groups -OCH3 is 1. The number of anilines is 1. The van der Waals surface area contributed by atoms with Crippen molar-refractivity contribution in [3.8, 4) is 5.75 Å². The van der Waals surface area contributed by atoms with E-state index in [0.29, 0.717) is 27.0 Å². The molecule has 1 N–H and O–H groups in total. The molecule has 0 bridgehead atoms. The van der Waals surface area contributed by atoms with Gasteiger partial charge in [0.1, 0.15) is 5.75 Å². The third-order valence-electron chi connectivity index (χ3n) is 3.25. The standard InChI is InChI=1S/C17H16Cl2N2O3/c1-21(17(23)11-4-3-5-13(8-11)24-2)10-16(22)20-12-6-7-14(18)15(19)9-12/h3-9H,10H2,1-2H3,(H,20,22). The van der Waals surface area contributed by atoms with Crippen molar-refractivity contribution < 1.29 is 14.3 Å². The van der Waals surface area contributed by atoms with Gasteiger partial charge in [0.05, 0.1) is 23.7 Å². The summed E-state index contributed by atoms with van der Waals surface area (Å²) < 4.78 is 5.09. The summed E-state index contributed by atoms with van der Waals surface area (Å²) in [5.41, 5.74) is 0.954. The Kier molecular flexibility index (Phi) is 6.06. The van der Waals surface area contributed by atoms with E-state index in [-0.39, 0.29) is 18.4 Å². The number of rotatable bonds is 5. The molecule has 0 saturated heterocycles. The highest BCUT2D eigenvalue weighted by atomic mass is 35.5. The van der Waals surface area contributed by atoms with Crippen molar-refractivity contribution in [3.63, 3.8) is 0 Å². The fourth-order valence-corrected chi connectivity index (χ4v) is 2.34. The Morgan fingerprint density at radius 2 is 1.88 bits per heavy atom. The van der Waals surface area contributed by atoms with Crippen LogP contribution in [0.2, 0.25) is 10.0 Å². The molecular formula is C17H16Cl2N2O3. The van der Waals surface area contributed by atoms with E-state index in [0.717, 1.165) is 0 Å². The number of likely N-dealkylation sites (N-methyl/N-ethyl adjacent to an activating group) is 1. The van der Waals surface area contributed by atoms with E-state index in [1.165, 1.54) is 12.0 Å². The molecule has 0 radical (unpaired) electrons. The van der Waals surface area contributed by atoms with E-state index in [1.807, 2.05) is 0 Å². The van der Waals surface area contributed by atoms with Gasteiger partial charge in [-0.2, -0.15) is 0 Å². The van der Waals surface area contributed by atoms with Crippen LogP contribution in [0.5, 0.6) is 5.75 Å². The Bertz CT molecular complexity index is 765. The maximum Gasteiger partial charge on any atom is 0.254 e. The van der Waals surface area contributed by atoms with Gasteiger partial charge in [-0.15, -0.1) is 0 Å². The molecule has 24 heavy (non-hydrogen) atoms. The second kappa shape index (κ2) is 8.04. The number of nitrogens with zero attached hydrogens (tertiary/aromatic N) is 1. The number of ether oxygens (including phenoxy) is 1. The van der Waals surface area contributed by atoms with Crippen LogP contribution in [0.4, 0.5) is 5.69 Å². The van der Waals surface area contributed by atoms with Crippen molar-refractivity contribution in [2.24, 2.45) is 0 Å². The third kappa shape index (κ3) is 4.63. The van der Waals surface area contributed by atoms with Gasteiger partial charge in [-0.05, 0) is 36.4 Å². The fourth-order valence-electron chi connectivity index (χ4n) is 2.04. The molecule has 0 aliphatic carbocycles. The molecule has 2 aromatic rings. The Morgan fingerprint density at radius 3 is 2.54 bits per heavy atom. The summed E-state index contributed by atoms with van der Waals surface area (Å²) in [7, 11) is 3.08. The molecule has 0 aliphatic rings. The molecule has 5 nitrogen and oxygen atoms in total. The Morgan fingerprint density at radius 1 is 1.12 bits per heavy atom. The molecule has 0 aliphatic heterocycles. The smallest absolute Gasteiger partial charge is 0.254 e. The number of nitrogens with one attached hydrogen (secondary N) is 1. The maximum absolute atomic E-state index is 12.4. The Balaban J connectivity index is 1.99. The van der Waals surface area contributed by atoms with Gasteiger partial charge in [0, 0.05) is 18.3 Å². The van der Waals surface area contributed by atoms with Crippen molar-refractivity contribution in [3.05, 3.63) is 58.1 Å².